The number of carboxylic acids is 1. The maximum absolute atomic E-state index is 12.5. The van der Waals surface area contributed by atoms with Gasteiger partial charge < -0.3 is 14.7 Å². The van der Waals surface area contributed by atoms with E-state index in [1.54, 1.807) is 0 Å². The van der Waals surface area contributed by atoms with Crippen LogP contribution < -0.4 is 0 Å². The summed E-state index contributed by atoms with van der Waals surface area (Å²) in [5.74, 6) is -0.851. The average molecular weight is 295 g/mol. The number of H-pyrrole nitrogens is 1. The predicted molar refractivity (Wildman–Crippen MR) is 75.2 cm³/mol. The van der Waals surface area contributed by atoms with Gasteiger partial charge in [0.05, 0.1) is 30.4 Å². The SMILES string of the molecule is Cc1n[nH]c(C)c1C(=O)N1CCC(OCCC(=O)O)CC1. The number of carbonyl (C=O) groups excluding carboxylic acids is 1. The third kappa shape index (κ3) is 3.81. The minimum Gasteiger partial charge on any atom is -0.481 e. The number of rotatable bonds is 5. The minimum atomic E-state index is -0.853. The zero-order valence-corrected chi connectivity index (χ0v) is 12.4. The van der Waals surface area contributed by atoms with Gasteiger partial charge in [0.15, 0.2) is 0 Å². The largest absolute Gasteiger partial charge is 0.481 e. The van der Waals surface area contributed by atoms with E-state index in [4.69, 9.17) is 9.84 Å². The van der Waals surface area contributed by atoms with E-state index in [0.29, 0.717) is 18.7 Å². The van der Waals surface area contributed by atoms with Crippen molar-refractivity contribution >= 4 is 11.9 Å². The Morgan fingerprint density at radius 3 is 2.57 bits per heavy atom. The maximum Gasteiger partial charge on any atom is 0.305 e. The molecule has 116 valence electrons. The van der Waals surface area contributed by atoms with Crippen molar-refractivity contribution in [1.82, 2.24) is 15.1 Å². The van der Waals surface area contributed by atoms with Gasteiger partial charge in [-0.05, 0) is 26.7 Å². The molecule has 2 N–H and O–H groups in total. The zero-order valence-electron chi connectivity index (χ0n) is 12.4. The van der Waals surface area contributed by atoms with Crippen LogP contribution in [0.15, 0.2) is 0 Å². The van der Waals surface area contributed by atoms with Crippen LogP contribution in [0.4, 0.5) is 0 Å². The van der Waals surface area contributed by atoms with Crippen molar-refractivity contribution < 1.29 is 19.4 Å². The third-order valence-corrected chi connectivity index (χ3v) is 3.74. The Morgan fingerprint density at radius 1 is 1.38 bits per heavy atom. The molecular formula is C14H21N3O4. The molecule has 1 aromatic rings. The van der Waals surface area contributed by atoms with Crippen molar-refractivity contribution in [2.45, 2.75) is 39.2 Å². The first-order valence-electron chi connectivity index (χ1n) is 7.13. The number of piperidine rings is 1. The number of likely N-dealkylation sites (tertiary alicyclic amines) is 1. The predicted octanol–water partition coefficient (Wildman–Crippen LogP) is 1.12. The Labute approximate surface area is 123 Å². The first-order valence-corrected chi connectivity index (χ1v) is 7.13. The first-order chi connectivity index (χ1) is 9.99. The fraction of sp³-hybridized carbons (Fsp3) is 0.643. The summed E-state index contributed by atoms with van der Waals surface area (Å²) in [7, 11) is 0. The van der Waals surface area contributed by atoms with Gasteiger partial charge in [0, 0.05) is 18.8 Å². The number of aryl methyl sites for hydroxylation is 2. The third-order valence-electron chi connectivity index (χ3n) is 3.74. The molecule has 0 aromatic carbocycles. The van der Waals surface area contributed by atoms with Crippen LogP contribution in [0.2, 0.25) is 0 Å². The second kappa shape index (κ2) is 6.71. The fourth-order valence-corrected chi connectivity index (χ4v) is 2.56. The molecule has 1 aromatic heterocycles. The van der Waals surface area contributed by atoms with Crippen LogP contribution in [0.1, 0.15) is 41.0 Å². The van der Waals surface area contributed by atoms with E-state index in [-0.39, 0.29) is 25.0 Å². The summed E-state index contributed by atoms with van der Waals surface area (Å²) >= 11 is 0. The van der Waals surface area contributed by atoms with Crippen molar-refractivity contribution in [2.75, 3.05) is 19.7 Å². The molecule has 1 saturated heterocycles. The van der Waals surface area contributed by atoms with Crippen molar-refractivity contribution in [3.63, 3.8) is 0 Å². The van der Waals surface area contributed by atoms with E-state index in [2.05, 4.69) is 10.2 Å². The van der Waals surface area contributed by atoms with Crippen molar-refractivity contribution in [2.24, 2.45) is 0 Å². The highest BCUT2D eigenvalue weighted by Crippen LogP contribution is 2.19. The van der Waals surface area contributed by atoms with Gasteiger partial charge in [-0.2, -0.15) is 5.10 Å². The van der Waals surface area contributed by atoms with Crippen LogP contribution in [0.3, 0.4) is 0 Å². The van der Waals surface area contributed by atoms with Crippen molar-refractivity contribution in [1.29, 1.82) is 0 Å². The Kier molecular flexibility index (Phi) is 4.95. The highest BCUT2D eigenvalue weighted by molar-refractivity contribution is 5.96. The van der Waals surface area contributed by atoms with Gasteiger partial charge in [-0.3, -0.25) is 14.7 Å². The lowest BCUT2D eigenvalue weighted by Gasteiger charge is -2.32. The molecule has 0 spiro atoms. The Morgan fingerprint density at radius 2 is 2.05 bits per heavy atom. The summed E-state index contributed by atoms with van der Waals surface area (Å²) in [6, 6.07) is 0. The van der Waals surface area contributed by atoms with Gasteiger partial charge >= 0.3 is 5.97 Å². The number of amides is 1. The Hall–Kier alpha value is -1.89. The van der Waals surface area contributed by atoms with Gasteiger partial charge in [-0.1, -0.05) is 0 Å². The number of hydrogen-bond donors (Lipinski definition) is 2. The number of aliphatic carboxylic acids is 1. The Balaban J connectivity index is 1.84. The van der Waals surface area contributed by atoms with Crippen LogP contribution in [0.25, 0.3) is 0 Å². The molecule has 2 heterocycles. The molecule has 0 bridgehead atoms. The van der Waals surface area contributed by atoms with Crippen molar-refractivity contribution in [3.05, 3.63) is 17.0 Å². The fourth-order valence-electron chi connectivity index (χ4n) is 2.56. The van der Waals surface area contributed by atoms with Gasteiger partial charge in [0.1, 0.15) is 0 Å². The molecule has 1 aliphatic rings. The monoisotopic (exact) mass is 295 g/mol. The number of nitrogens with one attached hydrogen (secondary N) is 1. The second-order valence-electron chi connectivity index (χ2n) is 5.32. The van der Waals surface area contributed by atoms with E-state index in [1.807, 2.05) is 18.7 Å². The molecule has 2 rings (SSSR count). The molecule has 0 aliphatic carbocycles. The van der Waals surface area contributed by atoms with Crippen LogP contribution >= 0.6 is 0 Å². The van der Waals surface area contributed by atoms with Crippen LogP contribution in [-0.2, 0) is 9.53 Å². The molecule has 0 atom stereocenters. The van der Waals surface area contributed by atoms with E-state index >= 15 is 0 Å². The van der Waals surface area contributed by atoms with E-state index < -0.39 is 5.97 Å². The topological polar surface area (TPSA) is 95.5 Å². The summed E-state index contributed by atoms with van der Waals surface area (Å²) < 4.78 is 5.52. The molecule has 0 radical (unpaired) electrons. The highest BCUT2D eigenvalue weighted by Gasteiger charge is 2.26. The molecule has 1 fully saturated rings. The number of ether oxygens (including phenoxy) is 1. The minimum absolute atomic E-state index is 0.00253. The number of aromatic amines is 1. The lowest BCUT2D eigenvalue weighted by Crippen LogP contribution is -2.41. The summed E-state index contributed by atoms with van der Waals surface area (Å²) in [5, 5.41) is 15.5. The number of carbonyl (C=O) groups is 2. The maximum atomic E-state index is 12.5. The van der Waals surface area contributed by atoms with Crippen LogP contribution in [0, 0.1) is 13.8 Å². The first kappa shape index (κ1) is 15.5. The lowest BCUT2D eigenvalue weighted by atomic mass is 10.1. The molecular weight excluding hydrogens is 274 g/mol. The highest BCUT2D eigenvalue weighted by atomic mass is 16.5. The average Bonchev–Trinajstić information content (AvgIpc) is 2.78. The summed E-state index contributed by atoms with van der Waals surface area (Å²) in [6.45, 7) is 5.14. The Bertz CT molecular complexity index is 499. The number of nitrogens with zero attached hydrogens (tertiary/aromatic N) is 2. The normalized spacial score (nSPS) is 16.2. The molecule has 7 heteroatoms. The lowest BCUT2D eigenvalue weighted by molar-refractivity contribution is -0.138. The second-order valence-corrected chi connectivity index (χ2v) is 5.32. The quantitative estimate of drug-likeness (QED) is 0.848. The van der Waals surface area contributed by atoms with Gasteiger partial charge in [0.25, 0.3) is 5.91 Å². The summed E-state index contributed by atoms with van der Waals surface area (Å²) in [5.41, 5.74) is 2.16. The smallest absolute Gasteiger partial charge is 0.305 e. The van der Waals surface area contributed by atoms with E-state index in [9.17, 15) is 9.59 Å². The number of carboxylic acid groups (broad SMARTS) is 1. The van der Waals surface area contributed by atoms with E-state index in [0.717, 1.165) is 24.2 Å². The van der Waals surface area contributed by atoms with Gasteiger partial charge in [-0.15, -0.1) is 0 Å². The molecule has 0 saturated carbocycles. The molecule has 7 nitrogen and oxygen atoms in total. The summed E-state index contributed by atoms with van der Waals surface area (Å²) in [6.07, 6.45) is 1.54. The summed E-state index contributed by atoms with van der Waals surface area (Å²) in [4.78, 5) is 24.7. The van der Waals surface area contributed by atoms with Gasteiger partial charge in [0.2, 0.25) is 0 Å². The molecule has 1 amide bonds. The van der Waals surface area contributed by atoms with Crippen LogP contribution in [-0.4, -0.2) is 57.9 Å². The van der Waals surface area contributed by atoms with Crippen LogP contribution in [0.5, 0.6) is 0 Å². The number of aromatic nitrogens is 2. The van der Waals surface area contributed by atoms with Crippen molar-refractivity contribution in [3.8, 4) is 0 Å². The van der Waals surface area contributed by atoms with E-state index in [1.165, 1.54) is 0 Å². The number of hydrogen-bond acceptors (Lipinski definition) is 4. The molecule has 0 unspecified atom stereocenters. The zero-order chi connectivity index (χ0) is 15.4. The molecule has 1 aliphatic heterocycles. The van der Waals surface area contributed by atoms with Gasteiger partial charge in [-0.25, -0.2) is 0 Å². The standard InChI is InChI=1S/C14H21N3O4/c1-9-13(10(2)16-15-9)14(20)17-6-3-11(4-7-17)21-8-5-12(18)19/h11H,3-8H2,1-2H3,(H,15,16)(H,18,19). The molecule has 21 heavy (non-hydrogen) atoms.